The van der Waals surface area contributed by atoms with E-state index in [1.807, 2.05) is 0 Å². The first-order valence-electron chi connectivity index (χ1n) is 9.88. The molecule has 136 valence electrons. The second-order valence-corrected chi connectivity index (χ2v) is 6.54. The molecule has 0 spiro atoms. The summed E-state index contributed by atoms with van der Waals surface area (Å²) in [7, 11) is 0. The van der Waals surface area contributed by atoms with E-state index >= 15 is 0 Å². The number of hydrogen-bond donors (Lipinski definition) is 0. The Labute approximate surface area is 143 Å². The Balaban J connectivity index is 3.26. The van der Waals surface area contributed by atoms with Gasteiger partial charge in [-0.3, -0.25) is 9.59 Å². The minimum Gasteiger partial charge on any atom is -0.466 e. The van der Waals surface area contributed by atoms with Crippen molar-refractivity contribution in [1.82, 2.24) is 0 Å². The van der Waals surface area contributed by atoms with Crippen molar-refractivity contribution < 1.29 is 14.3 Å². The van der Waals surface area contributed by atoms with E-state index in [1.54, 1.807) is 0 Å². The van der Waals surface area contributed by atoms with E-state index in [-0.39, 0.29) is 5.97 Å². The van der Waals surface area contributed by atoms with Gasteiger partial charge in [0, 0.05) is 19.3 Å². The number of esters is 1. The second kappa shape index (κ2) is 17.5. The fourth-order valence-corrected chi connectivity index (χ4v) is 2.61. The number of carbonyl (C=O) groups excluding carboxylic acids is 2. The first kappa shape index (κ1) is 22.1. The molecule has 0 bridgehead atoms. The van der Waals surface area contributed by atoms with Gasteiger partial charge in [0.1, 0.15) is 5.78 Å². The SMILES string of the molecule is CCCCCCCCCCCC(=O)CCCOC(=O)CCCC. The molecule has 23 heavy (non-hydrogen) atoms. The van der Waals surface area contributed by atoms with Crippen LogP contribution in [0.15, 0.2) is 0 Å². The Morgan fingerprint density at radius 1 is 0.609 bits per heavy atom. The molecule has 3 heteroatoms. The Morgan fingerprint density at radius 3 is 1.74 bits per heavy atom. The number of hydrogen-bond acceptors (Lipinski definition) is 3. The van der Waals surface area contributed by atoms with Crippen molar-refractivity contribution in [3.8, 4) is 0 Å². The molecule has 0 unspecified atom stereocenters. The Kier molecular flexibility index (Phi) is 16.8. The van der Waals surface area contributed by atoms with Crippen molar-refractivity contribution in [1.29, 1.82) is 0 Å². The van der Waals surface area contributed by atoms with Crippen LogP contribution < -0.4 is 0 Å². The monoisotopic (exact) mass is 326 g/mol. The van der Waals surface area contributed by atoms with Crippen LogP contribution in [0.5, 0.6) is 0 Å². The number of ketones is 1. The summed E-state index contributed by atoms with van der Waals surface area (Å²) in [4.78, 5) is 23.0. The lowest BCUT2D eigenvalue weighted by Crippen LogP contribution is -2.07. The van der Waals surface area contributed by atoms with Gasteiger partial charge < -0.3 is 4.74 Å². The lowest BCUT2D eigenvalue weighted by molar-refractivity contribution is -0.144. The molecular weight excluding hydrogens is 288 g/mol. The number of unbranched alkanes of at least 4 members (excludes halogenated alkanes) is 9. The summed E-state index contributed by atoms with van der Waals surface area (Å²) in [6.45, 7) is 4.69. The molecule has 0 aromatic rings. The summed E-state index contributed by atoms with van der Waals surface area (Å²) in [6.07, 6.45) is 15.8. The molecule has 0 saturated heterocycles. The van der Waals surface area contributed by atoms with Gasteiger partial charge in [0.25, 0.3) is 0 Å². The van der Waals surface area contributed by atoms with Crippen LogP contribution in [0.1, 0.15) is 110 Å². The fraction of sp³-hybridized carbons (Fsp3) is 0.900. The highest BCUT2D eigenvalue weighted by Gasteiger charge is 2.04. The smallest absolute Gasteiger partial charge is 0.305 e. The van der Waals surface area contributed by atoms with Gasteiger partial charge >= 0.3 is 5.97 Å². The highest BCUT2D eigenvalue weighted by atomic mass is 16.5. The third-order valence-corrected chi connectivity index (χ3v) is 4.16. The van der Waals surface area contributed by atoms with E-state index in [4.69, 9.17) is 4.74 Å². The van der Waals surface area contributed by atoms with Crippen molar-refractivity contribution in [2.45, 2.75) is 110 Å². The standard InChI is InChI=1S/C20H38O3/c1-3-5-7-8-9-10-11-12-13-15-19(21)16-14-18-23-20(22)17-6-4-2/h3-18H2,1-2H3. The molecule has 0 amide bonds. The van der Waals surface area contributed by atoms with Gasteiger partial charge in [-0.25, -0.2) is 0 Å². The van der Waals surface area contributed by atoms with E-state index in [0.29, 0.717) is 38.1 Å². The average molecular weight is 327 g/mol. The zero-order chi connectivity index (χ0) is 17.2. The van der Waals surface area contributed by atoms with Crippen molar-refractivity contribution in [3.63, 3.8) is 0 Å². The van der Waals surface area contributed by atoms with Crippen molar-refractivity contribution >= 4 is 11.8 Å². The van der Waals surface area contributed by atoms with E-state index in [2.05, 4.69) is 13.8 Å². The van der Waals surface area contributed by atoms with Gasteiger partial charge in [-0.05, 0) is 19.3 Å². The van der Waals surface area contributed by atoms with Crippen LogP contribution in [0.4, 0.5) is 0 Å². The van der Waals surface area contributed by atoms with Crippen LogP contribution in [-0.4, -0.2) is 18.4 Å². The van der Waals surface area contributed by atoms with Crippen LogP contribution in [0, 0.1) is 0 Å². The van der Waals surface area contributed by atoms with E-state index in [0.717, 1.165) is 19.3 Å². The van der Waals surface area contributed by atoms with E-state index < -0.39 is 0 Å². The lowest BCUT2D eigenvalue weighted by Gasteiger charge is -2.04. The number of Topliss-reactive ketones (excluding diaryl/α,β-unsaturated/α-hetero) is 1. The maximum absolute atomic E-state index is 11.7. The van der Waals surface area contributed by atoms with Crippen LogP contribution >= 0.6 is 0 Å². The molecule has 0 aromatic carbocycles. The molecule has 0 fully saturated rings. The highest BCUT2D eigenvalue weighted by molar-refractivity contribution is 5.78. The molecule has 0 atom stereocenters. The summed E-state index contributed by atoms with van der Waals surface area (Å²) < 4.78 is 5.10. The Hall–Kier alpha value is -0.860. The molecule has 0 radical (unpaired) electrons. The molecule has 0 aliphatic rings. The van der Waals surface area contributed by atoms with Crippen LogP contribution in [0.3, 0.4) is 0 Å². The lowest BCUT2D eigenvalue weighted by atomic mass is 10.0. The first-order valence-corrected chi connectivity index (χ1v) is 9.88. The fourth-order valence-electron chi connectivity index (χ4n) is 2.61. The third-order valence-electron chi connectivity index (χ3n) is 4.16. The third kappa shape index (κ3) is 17.3. The predicted octanol–water partition coefficient (Wildman–Crippen LogP) is 5.99. The van der Waals surface area contributed by atoms with E-state index in [9.17, 15) is 9.59 Å². The van der Waals surface area contributed by atoms with Crippen LogP contribution in [0.25, 0.3) is 0 Å². The molecule has 0 aliphatic carbocycles. The van der Waals surface area contributed by atoms with Gasteiger partial charge in [0.15, 0.2) is 0 Å². The molecule has 0 N–H and O–H groups in total. The largest absolute Gasteiger partial charge is 0.466 e. The summed E-state index contributed by atoms with van der Waals surface area (Å²) >= 11 is 0. The summed E-state index contributed by atoms with van der Waals surface area (Å²) in [6, 6.07) is 0. The average Bonchev–Trinajstić information content (AvgIpc) is 2.55. The number of ether oxygens (including phenoxy) is 1. The molecule has 0 rings (SSSR count). The van der Waals surface area contributed by atoms with Crippen molar-refractivity contribution in [2.75, 3.05) is 6.61 Å². The zero-order valence-electron chi connectivity index (χ0n) is 15.5. The van der Waals surface area contributed by atoms with Crippen LogP contribution in [0.2, 0.25) is 0 Å². The molecular formula is C20H38O3. The molecule has 3 nitrogen and oxygen atoms in total. The zero-order valence-corrected chi connectivity index (χ0v) is 15.5. The van der Waals surface area contributed by atoms with Gasteiger partial charge in [0.05, 0.1) is 6.61 Å². The quantitative estimate of drug-likeness (QED) is 0.243. The summed E-state index contributed by atoms with van der Waals surface area (Å²) in [5.74, 6) is 0.191. The molecule has 0 aliphatic heterocycles. The molecule has 0 heterocycles. The normalized spacial score (nSPS) is 10.7. The maximum Gasteiger partial charge on any atom is 0.305 e. The molecule has 0 saturated carbocycles. The van der Waals surface area contributed by atoms with E-state index in [1.165, 1.54) is 51.4 Å². The topological polar surface area (TPSA) is 43.4 Å². The number of carbonyl (C=O) groups is 2. The van der Waals surface area contributed by atoms with Crippen molar-refractivity contribution in [2.24, 2.45) is 0 Å². The maximum atomic E-state index is 11.7. The van der Waals surface area contributed by atoms with Gasteiger partial charge in [-0.1, -0.05) is 71.6 Å². The minimum atomic E-state index is -0.127. The highest BCUT2D eigenvalue weighted by Crippen LogP contribution is 2.11. The number of rotatable bonds is 17. The second-order valence-electron chi connectivity index (χ2n) is 6.54. The van der Waals surface area contributed by atoms with Crippen LogP contribution in [-0.2, 0) is 14.3 Å². The first-order chi connectivity index (χ1) is 11.2. The van der Waals surface area contributed by atoms with Crippen molar-refractivity contribution in [3.05, 3.63) is 0 Å². The van der Waals surface area contributed by atoms with Gasteiger partial charge in [-0.15, -0.1) is 0 Å². The minimum absolute atomic E-state index is 0.127. The van der Waals surface area contributed by atoms with Gasteiger partial charge in [-0.2, -0.15) is 0 Å². The Morgan fingerprint density at radius 2 is 1.13 bits per heavy atom. The Bertz CT molecular complexity index is 287. The summed E-state index contributed by atoms with van der Waals surface area (Å²) in [5.41, 5.74) is 0. The summed E-state index contributed by atoms with van der Waals surface area (Å²) in [5, 5.41) is 0. The molecule has 0 aromatic heterocycles. The predicted molar refractivity (Wildman–Crippen MR) is 96.6 cm³/mol. The van der Waals surface area contributed by atoms with Gasteiger partial charge in [0.2, 0.25) is 0 Å².